The number of aromatic nitrogens is 2. The predicted molar refractivity (Wildman–Crippen MR) is 53.7 cm³/mol. The molecule has 0 saturated heterocycles. The van der Waals surface area contributed by atoms with Gasteiger partial charge in [0, 0.05) is 0 Å². The summed E-state index contributed by atoms with van der Waals surface area (Å²) in [6.07, 6.45) is -2.69. The van der Waals surface area contributed by atoms with Crippen molar-refractivity contribution in [3.63, 3.8) is 0 Å². The second kappa shape index (κ2) is 3.96. The van der Waals surface area contributed by atoms with Gasteiger partial charge in [-0.2, -0.15) is 0 Å². The van der Waals surface area contributed by atoms with E-state index in [1.807, 2.05) is 20.8 Å². The van der Waals surface area contributed by atoms with Gasteiger partial charge in [0.15, 0.2) is 0 Å². The second-order valence-electron chi connectivity index (χ2n) is 4.10. The summed E-state index contributed by atoms with van der Waals surface area (Å²) in [5.41, 5.74) is -0.814. The number of halogens is 3. The fraction of sp³-hybridized carbons (Fsp3) is 0.667. The Bertz CT molecular complexity index is 358. The maximum absolute atomic E-state index is 12.7. The Morgan fingerprint density at radius 3 is 2.20 bits per heavy atom. The molecule has 0 atom stereocenters. The molecule has 0 amide bonds. The fourth-order valence-corrected chi connectivity index (χ4v) is 1.62. The van der Waals surface area contributed by atoms with Crippen molar-refractivity contribution in [2.24, 2.45) is 0 Å². The summed E-state index contributed by atoms with van der Waals surface area (Å²) in [4.78, 5) is 0. The summed E-state index contributed by atoms with van der Waals surface area (Å²) in [6.45, 7) is 5.46. The maximum Gasteiger partial charge on any atom is 0.272 e. The quantitative estimate of drug-likeness (QED) is 0.791. The number of ether oxygens (including phenoxy) is 1. The van der Waals surface area contributed by atoms with E-state index < -0.39 is 12.0 Å². The van der Waals surface area contributed by atoms with Crippen LogP contribution in [0.15, 0.2) is 0 Å². The first kappa shape index (κ1) is 12.2. The van der Waals surface area contributed by atoms with Crippen LogP contribution in [0.4, 0.5) is 8.78 Å². The van der Waals surface area contributed by atoms with E-state index in [4.69, 9.17) is 16.3 Å². The van der Waals surface area contributed by atoms with Gasteiger partial charge >= 0.3 is 0 Å². The van der Waals surface area contributed by atoms with Crippen LogP contribution in [0.5, 0.6) is 5.88 Å². The van der Waals surface area contributed by atoms with Crippen LogP contribution < -0.4 is 4.74 Å². The van der Waals surface area contributed by atoms with E-state index in [9.17, 15) is 8.78 Å². The topological polar surface area (TPSA) is 27.1 Å². The summed E-state index contributed by atoms with van der Waals surface area (Å²) in [7, 11) is 1.29. The van der Waals surface area contributed by atoms with Crippen molar-refractivity contribution in [2.45, 2.75) is 32.7 Å². The average molecular weight is 239 g/mol. The van der Waals surface area contributed by atoms with Crippen LogP contribution in [0.2, 0.25) is 5.15 Å². The van der Waals surface area contributed by atoms with Crippen molar-refractivity contribution >= 4 is 11.6 Å². The molecule has 1 rings (SSSR count). The zero-order valence-electron chi connectivity index (χ0n) is 9.01. The van der Waals surface area contributed by atoms with Crippen LogP contribution in [-0.2, 0) is 5.54 Å². The van der Waals surface area contributed by atoms with Gasteiger partial charge in [-0.3, -0.25) is 0 Å². The molecule has 86 valence electrons. The van der Waals surface area contributed by atoms with Gasteiger partial charge in [-0.15, -0.1) is 5.10 Å². The van der Waals surface area contributed by atoms with Crippen LogP contribution in [-0.4, -0.2) is 16.9 Å². The van der Waals surface area contributed by atoms with Gasteiger partial charge in [0.1, 0.15) is 10.7 Å². The molecule has 0 aliphatic heterocycles. The number of nitrogens with zero attached hydrogens (tertiary/aromatic N) is 2. The molecule has 0 saturated carbocycles. The Balaban J connectivity index is 3.35. The minimum atomic E-state index is -2.69. The third-order valence-electron chi connectivity index (χ3n) is 1.88. The van der Waals surface area contributed by atoms with Crippen LogP contribution in [0.25, 0.3) is 0 Å². The van der Waals surface area contributed by atoms with Gasteiger partial charge in [-0.05, 0) is 20.8 Å². The molecule has 6 heteroatoms. The van der Waals surface area contributed by atoms with Crippen molar-refractivity contribution in [3.05, 3.63) is 10.7 Å². The first-order chi connectivity index (χ1) is 6.79. The Morgan fingerprint density at radius 2 is 1.93 bits per heavy atom. The molecule has 0 aromatic carbocycles. The lowest BCUT2D eigenvalue weighted by atomic mass is 10.1. The number of hydrogen-bond acceptors (Lipinski definition) is 2. The van der Waals surface area contributed by atoms with Gasteiger partial charge in [0.05, 0.1) is 12.6 Å². The first-order valence-corrected chi connectivity index (χ1v) is 4.78. The molecule has 0 bridgehead atoms. The lowest BCUT2D eigenvalue weighted by Gasteiger charge is -2.19. The summed E-state index contributed by atoms with van der Waals surface area (Å²) < 4.78 is 31.4. The standard InChI is InChI=1S/C9H13ClF2N2O/c1-9(2,3)14-6(10)5(7(11)12)8(13-14)15-4/h7H,1-4H3. The molecule has 0 aliphatic rings. The fourth-order valence-electron chi connectivity index (χ4n) is 1.17. The van der Waals surface area contributed by atoms with E-state index in [-0.39, 0.29) is 16.6 Å². The number of methoxy groups -OCH3 is 1. The molecule has 0 aliphatic carbocycles. The lowest BCUT2D eigenvalue weighted by molar-refractivity contribution is 0.147. The Kier molecular flexibility index (Phi) is 3.23. The summed E-state index contributed by atoms with van der Waals surface area (Å²) in [5.74, 6) is -0.120. The van der Waals surface area contributed by atoms with E-state index in [0.29, 0.717) is 0 Å². The molecule has 1 aromatic rings. The molecule has 0 unspecified atom stereocenters. The van der Waals surface area contributed by atoms with Gasteiger partial charge < -0.3 is 4.74 Å². The van der Waals surface area contributed by atoms with E-state index in [0.717, 1.165) is 0 Å². The zero-order valence-corrected chi connectivity index (χ0v) is 9.77. The highest BCUT2D eigenvalue weighted by atomic mass is 35.5. The summed E-state index contributed by atoms with van der Waals surface area (Å²) >= 11 is 5.83. The molecular weight excluding hydrogens is 226 g/mol. The smallest absolute Gasteiger partial charge is 0.272 e. The summed E-state index contributed by atoms with van der Waals surface area (Å²) in [6, 6.07) is 0. The van der Waals surface area contributed by atoms with E-state index >= 15 is 0 Å². The SMILES string of the molecule is COc1nn(C(C)(C)C)c(Cl)c1C(F)F. The monoisotopic (exact) mass is 238 g/mol. The van der Waals surface area contributed by atoms with Crippen molar-refractivity contribution < 1.29 is 13.5 Å². The molecule has 1 aromatic heterocycles. The summed E-state index contributed by atoms with van der Waals surface area (Å²) in [5, 5.41) is 3.83. The second-order valence-corrected chi connectivity index (χ2v) is 4.46. The lowest BCUT2D eigenvalue weighted by Crippen LogP contribution is -2.23. The van der Waals surface area contributed by atoms with E-state index in [1.165, 1.54) is 11.8 Å². The molecule has 3 nitrogen and oxygen atoms in total. The zero-order chi connectivity index (χ0) is 11.8. The Labute approximate surface area is 92.0 Å². The Morgan fingerprint density at radius 1 is 1.40 bits per heavy atom. The van der Waals surface area contributed by atoms with E-state index in [2.05, 4.69) is 5.10 Å². The van der Waals surface area contributed by atoms with Gasteiger partial charge in [0.25, 0.3) is 6.43 Å². The highest BCUT2D eigenvalue weighted by Gasteiger charge is 2.29. The third kappa shape index (κ3) is 2.22. The minimum Gasteiger partial charge on any atom is -0.480 e. The molecular formula is C9H13ClF2N2O. The molecule has 0 spiro atoms. The van der Waals surface area contributed by atoms with Crippen molar-refractivity contribution in [3.8, 4) is 5.88 Å². The average Bonchev–Trinajstić information content (AvgIpc) is 2.41. The largest absolute Gasteiger partial charge is 0.480 e. The highest BCUT2D eigenvalue weighted by Crippen LogP contribution is 2.37. The predicted octanol–water partition coefficient (Wildman–Crippen LogP) is 3.24. The van der Waals surface area contributed by atoms with Crippen LogP contribution in [0, 0.1) is 0 Å². The molecule has 0 N–H and O–H groups in total. The number of rotatable bonds is 2. The van der Waals surface area contributed by atoms with Crippen LogP contribution in [0.3, 0.4) is 0 Å². The van der Waals surface area contributed by atoms with Crippen molar-refractivity contribution in [2.75, 3.05) is 7.11 Å². The van der Waals surface area contributed by atoms with Crippen molar-refractivity contribution in [1.29, 1.82) is 0 Å². The van der Waals surface area contributed by atoms with Gasteiger partial charge in [-0.25, -0.2) is 13.5 Å². The minimum absolute atomic E-state index is 0.0747. The molecule has 1 heterocycles. The molecule has 0 radical (unpaired) electrons. The highest BCUT2D eigenvalue weighted by molar-refractivity contribution is 6.30. The molecule has 0 fully saturated rings. The molecule has 15 heavy (non-hydrogen) atoms. The first-order valence-electron chi connectivity index (χ1n) is 4.40. The normalized spacial score (nSPS) is 12.3. The van der Waals surface area contributed by atoms with E-state index in [1.54, 1.807) is 0 Å². The van der Waals surface area contributed by atoms with Crippen LogP contribution >= 0.6 is 11.6 Å². The Hall–Kier alpha value is -0.840. The van der Waals surface area contributed by atoms with Gasteiger partial charge in [-0.1, -0.05) is 11.6 Å². The van der Waals surface area contributed by atoms with Crippen LogP contribution in [0.1, 0.15) is 32.8 Å². The third-order valence-corrected chi connectivity index (χ3v) is 2.24. The number of alkyl halides is 2. The van der Waals surface area contributed by atoms with Gasteiger partial charge in [0.2, 0.25) is 5.88 Å². The maximum atomic E-state index is 12.7. The number of hydrogen-bond donors (Lipinski definition) is 0. The van der Waals surface area contributed by atoms with Crippen molar-refractivity contribution in [1.82, 2.24) is 9.78 Å².